The molecule has 21 heavy (non-hydrogen) atoms. The summed E-state index contributed by atoms with van der Waals surface area (Å²) in [4.78, 5) is 0. The predicted octanol–water partition coefficient (Wildman–Crippen LogP) is 4.04. The van der Waals surface area contributed by atoms with Crippen molar-refractivity contribution in [3.8, 4) is 0 Å². The van der Waals surface area contributed by atoms with Crippen LogP contribution in [-0.2, 0) is 6.42 Å². The summed E-state index contributed by atoms with van der Waals surface area (Å²) in [5.41, 5.74) is 2.36. The quantitative estimate of drug-likeness (QED) is 0.797. The number of likely N-dealkylation sites (N-methyl/N-ethyl adjacent to an activating group) is 1. The molecule has 0 bridgehead atoms. The molecular weight excluding hydrogens is 262 g/mol. The number of furan rings is 1. The predicted molar refractivity (Wildman–Crippen MR) is 85.4 cm³/mol. The van der Waals surface area contributed by atoms with Crippen molar-refractivity contribution in [1.29, 1.82) is 0 Å². The van der Waals surface area contributed by atoms with Gasteiger partial charge in [0.2, 0.25) is 0 Å². The molecule has 0 fully saturated rings. The zero-order valence-corrected chi connectivity index (χ0v) is 13.6. The summed E-state index contributed by atoms with van der Waals surface area (Å²) in [6, 6.07) is 4.96. The summed E-state index contributed by atoms with van der Waals surface area (Å²) in [5, 5.41) is 8.29. The fraction of sp³-hybridized carbons (Fsp3) is 0.588. The Morgan fingerprint density at radius 1 is 1.24 bits per heavy atom. The van der Waals surface area contributed by atoms with E-state index in [2.05, 4.69) is 49.1 Å². The lowest BCUT2D eigenvalue weighted by Crippen LogP contribution is -2.23. The van der Waals surface area contributed by atoms with Crippen LogP contribution in [0.4, 0.5) is 0 Å². The van der Waals surface area contributed by atoms with Gasteiger partial charge in [0, 0.05) is 24.2 Å². The van der Waals surface area contributed by atoms with Gasteiger partial charge in [-0.3, -0.25) is 4.68 Å². The number of aryl methyl sites for hydroxylation is 1. The molecule has 0 aromatic carbocycles. The van der Waals surface area contributed by atoms with Crippen LogP contribution in [0.3, 0.4) is 0 Å². The van der Waals surface area contributed by atoms with Gasteiger partial charge in [-0.2, -0.15) is 5.10 Å². The Labute approximate surface area is 127 Å². The molecule has 0 spiro atoms. The molecule has 1 atom stereocenters. The first-order valence-corrected chi connectivity index (χ1v) is 8.00. The maximum atomic E-state index is 5.44. The average molecular weight is 289 g/mol. The van der Waals surface area contributed by atoms with Crippen LogP contribution in [0.5, 0.6) is 0 Å². The maximum Gasteiger partial charge on any atom is 0.105 e. The number of rotatable bonds is 8. The third-order valence-electron chi connectivity index (χ3n) is 4.12. The minimum atomic E-state index is 0.263. The number of nitrogens with zero attached hydrogens (tertiary/aromatic N) is 2. The maximum absolute atomic E-state index is 5.44. The molecule has 0 saturated carbocycles. The van der Waals surface area contributed by atoms with E-state index in [9.17, 15) is 0 Å². The molecule has 1 N–H and O–H groups in total. The topological polar surface area (TPSA) is 43.0 Å². The van der Waals surface area contributed by atoms with Crippen molar-refractivity contribution in [3.05, 3.63) is 41.6 Å². The molecule has 2 aromatic rings. The zero-order valence-electron chi connectivity index (χ0n) is 13.6. The van der Waals surface area contributed by atoms with Crippen molar-refractivity contribution in [2.24, 2.45) is 0 Å². The van der Waals surface area contributed by atoms with Crippen molar-refractivity contribution in [2.45, 2.75) is 59.0 Å². The Morgan fingerprint density at radius 3 is 2.57 bits per heavy atom. The molecule has 1 unspecified atom stereocenters. The molecule has 2 heterocycles. The average Bonchev–Trinajstić information content (AvgIpc) is 3.09. The summed E-state index contributed by atoms with van der Waals surface area (Å²) in [6.45, 7) is 9.51. The highest BCUT2D eigenvalue weighted by molar-refractivity contribution is 5.22. The highest BCUT2D eigenvalue weighted by atomic mass is 16.3. The third kappa shape index (κ3) is 3.76. The van der Waals surface area contributed by atoms with E-state index in [4.69, 9.17) is 9.52 Å². The van der Waals surface area contributed by atoms with Gasteiger partial charge in [-0.1, -0.05) is 20.8 Å². The molecule has 4 nitrogen and oxygen atoms in total. The zero-order chi connectivity index (χ0) is 15.2. The minimum Gasteiger partial charge on any atom is -0.469 e. The van der Waals surface area contributed by atoms with Crippen LogP contribution < -0.4 is 5.32 Å². The fourth-order valence-electron chi connectivity index (χ4n) is 2.86. The third-order valence-corrected chi connectivity index (χ3v) is 4.12. The molecule has 0 radical (unpaired) electrons. The van der Waals surface area contributed by atoms with Gasteiger partial charge in [0.25, 0.3) is 0 Å². The second-order valence-electron chi connectivity index (χ2n) is 5.50. The molecular formula is C17H27N3O. The van der Waals surface area contributed by atoms with E-state index in [0.29, 0.717) is 6.04 Å². The Balaban J connectivity index is 2.12. The van der Waals surface area contributed by atoms with Gasteiger partial charge >= 0.3 is 0 Å². The van der Waals surface area contributed by atoms with Crippen LogP contribution in [0.25, 0.3) is 0 Å². The highest BCUT2D eigenvalue weighted by Crippen LogP contribution is 2.23. The molecule has 2 aromatic heterocycles. The molecule has 0 aliphatic carbocycles. The molecule has 0 saturated heterocycles. The van der Waals surface area contributed by atoms with Crippen LogP contribution in [0.1, 0.15) is 62.7 Å². The largest absolute Gasteiger partial charge is 0.469 e. The van der Waals surface area contributed by atoms with Crippen molar-refractivity contribution in [3.63, 3.8) is 0 Å². The SMILES string of the molecule is CCNC(Cc1ccn(C(CC)CC)n1)c1ccoc1C. The van der Waals surface area contributed by atoms with E-state index in [-0.39, 0.29) is 6.04 Å². The summed E-state index contributed by atoms with van der Waals surface area (Å²) in [7, 11) is 0. The van der Waals surface area contributed by atoms with Crippen molar-refractivity contribution in [1.82, 2.24) is 15.1 Å². The first-order valence-electron chi connectivity index (χ1n) is 8.00. The van der Waals surface area contributed by atoms with E-state index >= 15 is 0 Å². The van der Waals surface area contributed by atoms with Gasteiger partial charge in [0.05, 0.1) is 18.0 Å². The highest BCUT2D eigenvalue weighted by Gasteiger charge is 2.17. The monoisotopic (exact) mass is 289 g/mol. The van der Waals surface area contributed by atoms with E-state index in [1.807, 2.05) is 6.92 Å². The van der Waals surface area contributed by atoms with Gasteiger partial charge < -0.3 is 9.73 Å². The van der Waals surface area contributed by atoms with Crippen LogP contribution in [0.2, 0.25) is 0 Å². The summed E-state index contributed by atoms with van der Waals surface area (Å²) in [6.07, 6.45) is 7.00. The van der Waals surface area contributed by atoms with Gasteiger partial charge in [0.15, 0.2) is 0 Å². The fourth-order valence-corrected chi connectivity index (χ4v) is 2.86. The molecule has 2 rings (SSSR count). The normalized spacial score (nSPS) is 13.0. The Bertz CT molecular complexity index is 540. The first-order chi connectivity index (χ1) is 10.2. The summed E-state index contributed by atoms with van der Waals surface area (Å²) >= 11 is 0. The molecule has 116 valence electrons. The second kappa shape index (κ2) is 7.46. The Hall–Kier alpha value is -1.55. The molecule has 4 heteroatoms. The van der Waals surface area contributed by atoms with Crippen LogP contribution in [0, 0.1) is 6.92 Å². The van der Waals surface area contributed by atoms with Gasteiger partial charge in [0.1, 0.15) is 5.76 Å². The standard InChI is InChI=1S/C17H27N3O/c1-5-15(6-2)20-10-8-14(19-20)12-17(18-7-3)16-9-11-21-13(16)4/h8-11,15,17-18H,5-7,12H2,1-4H3. The minimum absolute atomic E-state index is 0.263. The van der Waals surface area contributed by atoms with Crippen LogP contribution >= 0.6 is 0 Å². The smallest absolute Gasteiger partial charge is 0.105 e. The van der Waals surface area contributed by atoms with E-state index in [1.54, 1.807) is 6.26 Å². The second-order valence-corrected chi connectivity index (χ2v) is 5.50. The Kier molecular flexibility index (Phi) is 5.62. The first kappa shape index (κ1) is 15.8. The molecule has 0 aliphatic heterocycles. The van der Waals surface area contributed by atoms with Gasteiger partial charge in [-0.25, -0.2) is 0 Å². The van der Waals surface area contributed by atoms with E-state index < -0.39 is 0 Å². The van der Waals surface area contributed by atoms with Gasteiger partial charge in [-0.15, -0.1) is 0 Å². The lowest BCUT2D eigenvalue weighted by atomic mass is 10.0. The Morgan fingerprint density at radius 2 is 2.00 bits per heavy atom. The molecule has 0 aliphatic rings. The number of hydrogen-bond acceptors (Lipinski definition) is 3. The molecule has 0 amide bonds. The number of hydrogen-bond donors (Lipinski definition) is 1. The van der Waals surface area contributed by atoms with Crippen molar-refractivity contribution in [2.75, 3.05) is 6.54 Å². The summed E-state index contributed by atoms with van der Waals surface area (Å²) in [5.74, 6) is 0.986. The van der Waals surface area contributed by atoms with Crippen LogP contribution in [0.15, 0.2) is 29.0 Å². The van der Waals surface area contributed by atoms with Gasteiger partial charge in [-0.05, 0) is 38.4 Å². The van der Waals surface area contributed by atoms with E-state index in [0.717, 1.165) is 37.3 Å². The number of aromatic nitrogens is 2. The number of nitrogens with one attached hydrogen (secondary N) is 1. The lowest BCUT2D eigenvalue weighted by molar-refractivity contribution is 0.422. The van der Waals surface area contributed by atoms with Crippen molar-refractivity contribution >= 4 is 0 Å². The lowest BCUT2D eigenvalue weighted by Gasteiger charge is -2.16. The summed E-state index contributed by atoms with van der Waals surface area (Å²) < 4.78 is 7.55. The van der Waals surface area contributed by atoms with Crippen LogP contribution in [-0.4, -0.2) is 16.3 Å². The van der Waals surface area contributed by atoms with E-state index in [1.165, 1.54) is 5.56 Å². The van der Waals surface area contributed by atoms with Crippen molar-refractivity contribution < 1.29 is 4.42 Å².